The maximum Gasteiger partial charge on any atom is 0.470 e. The van der Waals surface area contributed by atoms with Crippen LogP contribution in [-0.2, 0) is 4.74 Å². The van der Waals surface area contributed by atoms with Crippen LogP contribution in [0.2, 0.25) is 0 Å². The number of alkyl halides is 10. The molecule has 0 aromatic rings. The Bertz CT molecular complexity index is 426. The van der Waals surface area contributed by atoms with Crippen LogP contribution in [0, 0.1) is 0 Å². The molecule has 0 aromatic heterocycles. The second kappa shape index (κ2) is 5.34. The van der Waals surface area contributed by atoms with Crippen LogP contribution in [0.3, 0.4) is 0 Å². The summed E-state index contributed by atoms with van der Waals surface area (Å²) in [5.74, 6) is -7.62. The van der Waals surface area contributed by atoms with Gasteiger partial charge >= 0.3 is 42.1 Å². The van der Waals surface area contributed by atoms with Crippen molar-refractivity contribution < 1.29 is 66.9 Å². The Kier molecular flexibility index (Phi) is 5.00. The Morgan fingerprint density at radius 1 is 0.682 bits per heavy atom. The largest absolute Gasteiger partial charge is 0.470 e. The zero-order chi connectivity index (χ0) is 18.4. The van der Waals surface area contributed by atoms with E-state index in [2.05, 4.69) is 0 Å². The molecule has 2 nitrogen and oxygen atoms in total. The number of halogens is 13. The van der Waals surface area contributed by atoms with E-state index < -0.39 is 42.1 Å². The average Bonchev–Trinajstić information content (AvgIpc) is 2.23. The number of aliphatic hydroxyl groups is 1. The highest BCUT2D eigenvalue weighted by molar-refractivity contribution is 5.09. The first-order valence-corrected chi connectivity index (χ1v) is 4.34. The zero-order valence-electron chi connectivity index (χ0n) is 9.27. The van der Waals surface area contributed by atoms with Crippen LogP contribution >= 0.6 is 0 Å². The molecule has 0 saturated carbocycles. The van der Waals surface area contributed by atoms with Crippen LogP contribution < -0.4 is 0 Å². The molecule has 132 valence electrons. The molecular formula is C7HF13O2. The summed E-state index contributed by atoms with van der Waals surface area (Å²) in [6.07, 6.45) is -25.9. The van der Waals surface area contributed by atoms with Gasteiger partial charge in [-0.1, -0.05) is 0 Å². The van der Waals surface area contributed by atoms with E-state index in [1.807, 2.05) is 4.74 Å². The van der Waals surface area contributed by atoms with Crippen LogP contribution in [-0.4, -0.2) is 35.1 Å². The van der Waals surface area contributed by atoms with E-state index in [4.69, 9.17) is 5.11 Å². The Labute approximate surface area is 110 Å². The summed E-state index contributed by atoms with van der Waals surface area (Å²) < 4.78 is 160. The highest BCUT2D eigenvalue weighted by Gasteiger charge is 2.90. The first-order chi connectivity index (χ1) is 9.33. The van der Waals surface area contributed by atoms with Crippen molar-refractivity contribution in [1.29, 1.82) is 0 Å². The van der Waals surface area contributed by atoms with Gasteiger partial charge in [0.25, 0.3) is 0 Å². The molecule has 0 aromatic carbocycles. The monoisotopic (exact) mass is 364 g/mol. The molecule has 0 radical (unpaired) electrons. The van der Waals surface area contributed by atoms with E-state index in [0.29, 0.717) is 0 Å². The van der Waals surface area contributed by atoms with Gasteiger partial charge in [0.15, 0.2) is 0 Å². The predicted octanol–water partition coefficient (Wildman–Crippen LogP) is 4.12. The molecular weight excluding hydrogens is 363 g/mol. The van der Waals surface area contributed by atoms with Crippen molar-refractivity contribution in [2.75, 3.05) is 0 Å². The molecule has 0 amide bonds. The Balaban J connectivity index is 6.21. The average molecular weight is 364 g/mol. The molecule has 0 aliphatic rings. The predicted molar refractivity (Wildman–Crippen MR) is 38.4 cm³/mol. The van der Waals surface area contributed by atoms with E-state index in [1.54, 1.807) is 0 Å². The molecule has 0 bridgehead atoms. The second-order valence-corrected chi connectivity index (χ2v) is 3.43. The van der Waals surface area contributed by atoms with Crippen molar-refractivity contribution in [1.82, 2.24) is 0 Å². The van der Waals surface area contributed by atoms with Gasteiger partial charge in [-0.15, -0.1) is 0 Å². The molecule has 0 heterocycles. The van der Waals surface area contributed by atoms with Gasteiger partial charge in [-0.05, 0) is 0 Å². The van der Waals surface area contributed by atoms with Crippen molar-refractivity contribution in [3.05, 3.63) is 12.1 Å². The summed E-state index contributed by atoms with van der Waals surface area (Å²) in [4.78, 5) is 0. The third kappa shape index (κ3) is 3.03. The lowest BCUT2D eigenvalue weighted by Gasteiger charge is -2.40. The quantitative estimate of drug-likeness (QED) is 0.601. The topological polar surface area (TPSA) is 29.5 Å². The summed E-state index contributed by atoms with van der Waals surface area (Å²) in [6.45, 7) is 0. The highest BCUT2D eigenvalue weighted by atomic mass is 19.4. The van der Waals surface area contributed by atoms with Crippen LogP contribution in [0.1, 0.15) is 0 Å². The highest BCUT2D eigenvalue weighted by Crippen LogP contribution is 2.57. The minimum Gasteiger partial charge on any atom is -0.398 e. The molecule has 22 heavy (non-hydrogen) atoms. The van der Waals surface area contributed by atoms with Crippen molar-refractivity contribution in [2.24, 2.45) is 0 Å². The second-order valence-electron chi connectivity index (χ2n) is 3.43. The fourth-order valence-corrected chi connectivity index (χ4v) is 0.943. The van der Waals surface area contributed by atoms with Gasteiger partial charge < -0.3 is 9.84 Å². The molecule has 0 atom stereocenters. The van der Waals surface area contributed by atoms with E-state index in [0.717, 1.165) is 0 Å². The minimum absolute atomic E-state index is 1.82. The third-order valence-electron chi connectivity index (χ3n) is 2.01. The fourth-order valence-electron chi connectivity index (χ4n) is 0.943. The minimum atomic E-state index is -7.62. The smallest absolute Gasteiger partial charge is 0.398 e. The van der Waals surface area contributed by atoms with Gasteiger partial charge in [0, 0.05) is 0 Å². The first-order valence-electron chi connectivity index (χ1n) is 4.34. The SMILES string of the molecule is OC(C(F)(F)F)(C(F)(F)F)C(F)(F)C(F)(F)OC(F)=C(F)F. The number of rotatable bonds is 4. The van der Waals surface area contributed by atoms with Gasteiger partial charge in [-0.2, -0.15) is 57.1 Å². The third-order valence-corrected chi connectivity index (χ3v) is 2.01. The van der Waals surface area contributed by atoms with Crippen LogP contribution in [0.5, 0.6) is 0 Å². The number of ether oxygens (including phenoxy) is 1. The first kappa shape index (κ1) is 20.6. The molecule has 1 N–H and O–H groups in total. The van der Waals surface area contributed by atoms with Gasteiger partial charge in [-0.25, -0.2) is 0 Å². The molecule has 0 fully saturated rings. The lowest BCUT2D eigenvalue weighted by atomic mass is 9.92. The molecule has 0 aliphatic carbocycles. The number of hydrogen-bond acceptors (Lipinski definition) is 2. The Hall–Kier alpha value is -1.41. The van der Waals surface area contributed by atoms with Gasteiger partial charge in [0.1, 0.15) is 0 Å². The van der Waals surface area contributed by atoms with Gasteiger partial charge in [0.05, 0.1) is 0 Å². The lowest BCUT2D eigenvalue weighted by Crippen LogP contribution is -2.73. The van der Waals surface area contributed by atoms with Gasteiger partial charge in [-0.3, -0.25) is 0 Å². The zero-order valence-corrected chi connectivity index (χ0v) is 9.27. The molecule has 15 heteroatoms. The standard InChI is InChI=1S/C7HF13O2/c8-1(9)2(10)22-7(19,20)4(11,12)3(21,5(13,14)15)6(16,17)18/h21H. The number of hydrogen-bond donors (Lipinski definition) is 1. The summed E-state index contributed by atoms with van der Waals surface area (Å²) in [6, 6.07) is -3.86. The molecule has 0 aliphatic heterocycles. The molecule has 0 unspecified atom stereocenters. The lowest BCUT2D eigenvalue weighted by molar-refractivity contribution is -0.477. The van der Waals surface area contributed by atoms with Crippen molar-refractivity contribution >= 4 is 0 Å². The Morgan fingerprint density at radius 3 is 1.23 bits per heavy atom. The normalized spacial score (nSPS) is 14.8. The maximum absolute atomic E-state index is 12.9. The van der Waals surface area contributed by atoms with E-state index in [-0.39, 0.29) is 0 Å². The van der Waals surface area contributed by atoms with E-state index >= 15 is 0 Å². The van der Waals surface area contributed by atoms with E-state index in [1.165, 1.54) is 0 Å². The summed E-state index contributed by atoms with van der Waals surface area (Å²) in [5, 5.41) is 8.11. The fraction of sp³-hybridized carbons (Fsp3) is 0.714. The van der Waals surface area contributed by atoms with Crippen molar-refractivity contribution in [2.45, 2.75) is 30.0 Å². The van der Waals surface area contributed by atoms with Crippen LogP contribution in [0.25, 0.3) is 0 Å². The summed E-state index contributed by atoms with van der Waals surface area (Å²) in [7, 11) is 0. The van der Waals surface area contributed by atoms with Gasteiger partial charge in [0.2, 0.25) is 0 Å². The van der Waals surface area contributed by atoms with Crippen molar-refractivity contribution in [3.63, 3.8) is 0 Å². The summed E-state index contributed by atoms with van der Waals surface area (Å²) >= 11 is 0. The van der Waals surface area contributed by atoms with Crippen molar-refractivity contribution in [3.8, 4) is 0 Å². The molecule has 0 saturated heterocycles. The van der Waals surface area contributed by atoms with E-state index in [9.17, 15) is 57.1 Å². The maximum atomic E-state index is 12.9. The molecule has 0 spiro atoms. The van der Waals surface area contributed by atoms with Crippen LogP contribution in [0.4, 0.5) is 57.1 Å². The van der Waals surface area contributed by atoms with Crippen LogP contribution in [0.15, 0.2) is 12.1 Å². The summed E-state index contributed by atoms with van der Waals surface area (Å²) in [5.41, 5.74) is -7.41. The Morgan fingerprint density at radius 2 is 1.00 bits per heavy atom. The molecule has 0 rings (SSSR count).